The van der Waals surface area contributed by atoms with Crippen LogP contribution in [0, 0.1) is 0 Å². The fourth-order valence-electron chi connectivity index (χ4n) is 2.00. The lowest BCUT2D eigenvalue weighted by atomic mass is 10.2. The summed E-state index contributed by atoms with van der Waals surface area (Å²) in [5.41, 5.74) is 1.81. The maximum absolute atomic E-state index is 10.8. The van der Waals surface area contributed by atoms with E-state index in [1.165, 1.54) is 4.88 Å². The average Bonchev–Trinajstić information content (AvgIpc) is 2.97. The van der Waals surface area contributed by atoms with Gasteiger partial charge in [-0.3, -0.25) is 4.79 Å². The third-order valence-electron chi connectivity index (χ3n) is 2.94. The molecule has 0 aliphatic carbocycles. The first-order valence-corrected chi connectivity index (χ1v) is 7.21. The quantitative estimate of drug-likeness (QED) is 0.659. The highest BCUT2D eigenvalue weighted by atomic mass is 79.9. The molecule has 0 unspecified atom stereocenters. The van der Waals surface area contributed by atoms with Gasteiger partial charge in [-0.1, -0.05) is 12.1 Å². The molecule has 0 saturated heterocycles. The first-order chi connectivity index (χ1) is 8.78. The third kappa shape index (κ3) is 2.02. The molecule has 0 N–H and O–H groups in total. The van der Waals surface area contributed by atoms with Gasteiger partial charge in [0.25, 0.3) is 0 Å². The number of hydrogen-bond donors (Lipinski definition) is 0. The van der Waals surface area contributed by atoms with Gasteiger partial charge in [-0.2, -0.15) is 0 Å². The Hall–Kier alpha value is -1.39. The van der Waals surface area contributed by atoms with Crippen LogP contribution in [-0.4, -0.2) is 10.9 Å². The summed E-state index contributed by atoms with van der Waals surface area (Å²) in [5, 5.41) is 3.23. The Bertz CT molecular complexity index is 713. The van der Waals surface area contributed by atoms with Gasteiger partial charge in [0.2, 0.25) is 0 Å². The largest absolute Gasteiger partial charge is 0.342 e. The molecule has 2 heterocycles. The molecule has 18 heavy (non-hydrogen) atoms. The van der Waals surface area contributed by atoms with Crippen molar-refractivity contribution in [3.05, 3.63) is 56.8 Å². The fraction of sp³-hybridized carbons (Fsp3) is 0.0714. The number of carbonyl (C=O) groups excluding carboxylic acids is 1. The maximum atomic E-state index is 10.8. The second kappa shape index (κ2) is 4.71. The van der Waals surface area contributed by atoms with E-state index in [4.69, 9.17) is 0 Å². The molecule has 0 radical (unpaired) electrons. The number of aromatic nitrogens is 1. The minimum atomic E-state index is 0.715. The van der Waals surface area contributed by atoms with E-state index in [0.29, 0.717) is 5.56 Å². The van der Waals surface area contributed by atoms with Crippen LogP contribution in [0.15, 0.2) is 46.4 Å². The van der Waals surface area contributed by atoms with Crippen LogP contribution in [0.3, 0.4) is 0 Å². The molecular weight excluding hydrogens is 310 g/mol. The Kier molecular flexibility index (Phi) is 3.06. The summed E-state index contributed by atoms with van der Waals surface area (Å²) in [5.74, 6) is 0. The predicted molar refractivity (Wildman–Crippen MR) is 78.4 cm³/mol. The summed E-state index contributed by atoms with van der Waals surface area (Å²) in [4.78, 5) is 12.1. The molecule has 0 amide bonds. The van der Waals surface area contributed by atoms with Gasteiger partial charge in [0, 0.05) is 26.6 Å². The number of nitrogens with zero attached hydrogens (tertiary/aromatic N) is 1. The minimum Gasteiger partial charge on any atom is -0.342 e. The zero-order chi connectivity index (χ0) is 12.5. The van der Waals surface area contributed by atoms with Crippen LogP contribution in [0.5, 0.6) is 0 Å². The highest BCUT2D eigenvalue weighted by Crippen LogP contribution is 2.26. The van der Waals surface area contributed by atoms with Crippen molar-refractivity contribution in [3.63, 3.8) is 0 Å². The topological polar surface area (TPSA) is 22.0 Å². The van der Waals surface area contributed by atoms with Crippen molar-refractivity contribution in [2.45, 2.75) is 6.54 Å². The van der Waals surface area contributed by atoms with E-state index in [1.807, 2.05) is 18.2 Å². The van der Waals surface area contributed by atoms with Crippen LogP contribution in [0.25, 0.3) is 10.9 Å². The molecule has 0 bridgehead atoms. The van der Waals surface area contributed by atoms with Gasteiger partial charge in [0.15, 0.2) is 0 Å². The van der Waals surface area contributed by atoms with Gasteiger partial charge in [0.05, 0.1) is 6.54 Å². The molecule has 1 aromatic carbocycles. The van der Waals surface area contributed by atoms with Crippen LogP contribution >= 0.6 is 27.3 Å². The number of aldehydes is 1. The van der Waals surface area contributed by atoms with Crippen molar-refractivity contribution in [2.75, 3.05) is 0 Å². The molecule has 0 saturated carbocycles. The second-order valence-electron chi connectivity index (χ2n) is 4.07. The number of halogens is 1. The fourth-order valence-corrected chi connectivity index (χ4v) is 3.48. The van der Waals surface area contributed by atoms with Crippen molar-refractivity contribution < 1.29 is 4.79 Å². The second-order valence-corrected chi connectivity index (χ2v) is 5.93. The number of carbonyl (C=O) groups is 1. The lowest BCUT2D eigenvalue weighted by Crippen LogP contribution is -1.96. The number of thiophene rings is 1. The summed E-state index contributed by atoms with van der Waals surface area (Å²) in [6, 6.07) is 9.90. The van der Waals surface area contributed by atoms with Crippen LogP contribution in [-0.2, 0) is 6.54 Å². The summed E-state index contributed by atoms with van der Waals surface area (Å²) >= 11 is 5.27. The summed E-state index contributed by atoms with van der Waals surface area (Å²) in [6.45, 7) is 0.823. The predicted octanol–water partition coefficient (Wildman–Crippen LogP) is 4.33. The smallest absolute Gasteiger partial charge is 0.150 e. The first-order valence-electron chi connectivity index (χ1n) is 5.54. The Morgan fingerprint density at radius 2 is 2.17 bits per heavy atom. The van der Waals surface area contributed by atoms with E-state index in [0.717, 1.165) is 28.2 Å². The van der Waals surface area contributed by atoms with E-state index in [9.17, 15) is 4.79 Å². The van der Waals surface area contributed by atoms with Crippen molar-refractivity contribution in [2.24, 2.45) is 0 Å². The molecule has 0 spiro atoms. The molecule has 4 heteroatoms. The third-order valence-corrected chi connectivity index (χ3v) is 4.85. The summed E-state index contributed by atoms with van der Waals surface area (Å²) in [6.07, 6.45) is 2.95. The van der Waals surface area contributed by atoms with Gasteiger partial charge < -0.3 is 4.57 Å². The minimum absolute atomic E-state index is 0.715. The molecule has 90 valence electrons. The van der Waals surface area contributed by atoms with E-state index >= 15 is 0 Å². The molecule has 0 aliphatic heterocycles. The number of fused-ring (bicyclic) bond motifs is 1. The lowest BCUT2D eigenvalue weighted by molar-refractivity contribution is 0.112. The van der Waals surface area contributed by atoms with Gasteiger partial charge in [-0.05, 0) is 44.9 Å². The van der Waals surface area contributed by atoms with Crippen LogP contribution in [0.2, 0.25) is 0 Å². The molecule has 3 aromatic rings. The van der Waals surface area contributed by atoms with Crippen molar-refractivity contribution >= 4 is 44.5 Å². The van der Waals surface area contributed by atoms with E-state index < -0.39 is 0 Å². The molecule has 0 aliphatic rings. The van der Waals surface area contributed by atoms with Gasteiger partial charge in [0.1, 0.15) is 6.29 Å². The molecule has 2 aromatic heterocycles. The highest BCUT2D eigenvalue weighted by Gasteiger charge is 2.06. The van der Waals surface area contributed by atoms with Crippen LogP contribution < -0.4 is 0 Å². The van der Waals surface area contributed by atoms with E-state index in [1.54, 1.807) is 11.3 Å². The van der Waals surface area contributed by atoms with Gasteiger partial charge in [-0.15, -0.1) is 11.3 Å². The van der Waals surface area contributed by atoms with Crippen molar-refractivity contribution in [1.29, 1.82) is 0 Å². The number of hydrogen-bond acceptors (Lipinski definition) is 2. The van der Waals surface area contributed by atoms with E-state index in [2.05, 4.69) is 44.2 Å². The highest BCUT2D eigenvalue weighted by molar-refractivity contribution is 9.10. The molecule has 0 atom stereocenters. The Balaban J connectivity index is 2.06. The van der Waals surface area contributed by atoms with E-state index in [-0.39, 0.29) is 0 Å². The van der Waals surface area contributed by atoms with Crippen LogP contribution in [0.4, 0.5) is 0 Å². The normalized spacial score (nSPS) is 10.9. The standard InChI is InChI=1S/C14H10BrNOS/c15-12-4-6-18-14(12)8-16-5-3-11-2-1-10(9-17)7-13(11)16/h1-7,9H,8H2. The molecule has 0 fully saturated rings. The van der Waals surface area contributed by atoms with Crippen molar-refractivity contribution in [3.8, 4) is 0 Å². The molecule has 2 nitrogen and oxygen atoms in total. The lowest BCUT2D eigenvalue weighted by Gasteiger charge is -2.04. The van der Waals surface area contributed by atoms with Gasteiger partial charge >= 0.3 is 0 Å². The summed E-state index contributed by atoms with van der Waals surface area (Å²) in [7, 11) is 0. The molecular formula is C14H10BrNOS. The zero-order valence-corrected chi connectivity index (χ0v) is 11.9. The maximum Gasteiger partial charge on any atom is 0.150 e. The Labute approximate surface area is 117 Å². The summed E-state index contributed by atoms with van der Waals surface area (Å²) < 4.78 is 3.31. The number of rotatable bonds is 3. The SMILES string of the molecule is O=Cc1ccc2ccn(Cc3sccc3Br)c2c1. The monoisotopic (exact) mass is 319 g/mol. The zero-order valence-electron chi connectivity index (χ0n) is 9.47. The Morgan fingerprint density at radius 3 is 2.89 bits per heavy atom. The van der Waals surface area contributed by atoms with Gasteiger partial charge in [-0.25, -0.2) is 0 Å². The van der Waals surface area contributed by atoms with Crippen LogP contribution in [0.1, 0.15) is 15.2 Å². The average molecular weight is 320 g/mol. The molecule has 3 rings (SSSR count). The number of benzene rings is 1. The van der Waals surface area contributed by atoms with Crippen molar-refractivity contribution in [1.82, 2.24) is 4.57 Å². The first kappa shape index (κ1) is 11.7. The Morgan fingerprint density at radius 1 is 1.28 bits per heavy atom.